The van der Waals surface area contributed by atoms with E-state index < -0.39 is 22.8 Å². The average molecular weight is 285 g/mol. The molecule has 1 heterocycles. The Balaban J connectivity index is 3.19. The Hall–Kier alpha value is -1.24. The molecule has 1 aromatic rings. The van der Waals surface area contributed by atoms with Gasteiger partial charge in [-0.15, -0.1) is 0 Å². The number of halogens is 4. The standard InChI is InChI=1S/C10H12ClF3N2O2/c1-4-18-8(17)6-7(11)16(5-15-6)9(2,3)10(12,13)14/h5H,4H2,1-3H3. The van der Waals surface area contributed by atoms with E-state index in [4.69, 9.17) is 11.6 Å². The van der Waals surface area contributed by atoms with Gasteiger partial charge in [0.2, 0.25) is 0 Å². The monoisotopic (exact) mass is 284 g/mol. The number of carbonyl (C=O) groups excluding carboxylic acids is 1. The third kappa shape index (κ3) is 2.45. The summed E-state index contributed by atoms with van der Waals surface area (Å²) in [5.41, 5.74) is -2.59. The number of hydrogen-bond donors (Lipinski definition) is 0. The highest BCUT2D eigenvalue weighted by atomic mass is 35.5. The van der Waals surface area contributed by atoms with E-state index in [0.717, 1.165) is 20.2 Å². The van der Waals surface area contributed by atoms with Crippen LogP contribution in [0.4, 0.5) is 13.2 Å². The maximum Gasteiger partial charge on any atom is 0.411 e. The molecule has 0 saturated carbocycles. The first-order valence-corrected chi connectivity index (χ1v) is 5.48. The molecule has 18 heavy (non-hydrogen) atoms. The minimum absolute atomic E-state index is 0.0880. The Kier molecular flexibility index (Phi) is 3.95. The Morgan fingerprint density at radius 3 is 2.50 bits per heavy atom. The first-order chi connectivity index (χ1) is 8.13. The molecule has 0 radical (unpaired) electrons. The lowest BCUT2D eigenvalue weighted by molar-refractivity contribution is -0.202. The van der Waals surface area contributed by atoms with Gasteiger partial charge < -0.3 is 9.30 Å². The van der Waals surface area contributed by atoms with E-state index in [1.807, 2.05) is 0 Å². The van der Waals surface area contributed by atoms with Crippen molar-refractivity contribution in [1.82, 2.24) is 9.55 Å². The Morgan fingerprint density at radius 2 is 2.06 bits per heavy atom. The van der Waals surface area contributed by atoms with Gasteiger partial charge in [-0.05, 0) is 20.8 Å². The summed E-state index contributed by atoms with van der Waals surface area (Å²) in [6.07, 6.45) is -3.65. The van der Waals surface area contributed by atoms with E-state index in [1.54, 1.807) is 6.92 Å². The number of nitrogens with zero attached hydrogens (tertiary/aromatic N) is 2. The van der Waals surface area contributed by atoms with Crippen molar-refractivity contribution in [2.75, 3.05) is 6.61 Å². The maximum atomic E-state index is 12.8. The molecule has 0 fully saturated rings. The molecule has 0 unspecified atom stereocenters. The van der Waals surface area contributed by atoms with E-state index in [1.165, 1.54) is 0 Å². The highest BCUT2D eigenvalue weighted by molar-refractivity contribution is 6.32. The highest BCUT2D eigenvalue weighted by Gasteiger charge is 2.50. The molecule has 0 aliphatic carbocycles. The molecule has 8 heteroatoms. The third-order valence-electron chi connectivity index (χ3n) is 2.47. The molecule has 0 bridgehead atoms. The number of rotatable bonds is 3. The summed E-state index contributed by atoms with van der Waals surface area (Å²) >= 11 is 5.75. The van der Waals surface area contributed by atoms with Gasteiger partial charge >= 0.3 is 12.1 Å². The van der Waals surface area contributed by atoms with Gasteiger partial charge in [-0.25, -0.2) is 9.78 Å². The van der Waals surface area contributed by atoms with Crippen LogP contribution in [0.1, 0.15) is 31.3 Å². The fourth-order valence-electron chi connectivity index (χ4n) is 1.20. The van der Waals surface area contributed by atoms with E-state index in [0.29, 0.717) is 4.57 Å². The van der Waals surface area contributed by atoms with Crippen LogP contribution in [0.25, 0.3) is 0 Å². The van der Waals surface area contributed by atoms with Crippen molar-refractivity contribution >= 4 is 17.6 Å². The van der Waals surface area contributed by atoms with Crippen LogP contribution >= 0.6 is 11.6 Å². The van der Waals surface area contributed by atoms with E-state index in [2.05, 4.69) is 9.72 Å². The Morgan fingerprint density at radius 1 is 1.50 bits per heavy atom. The van der Waals surface area contributed by atoms with Crippen molar-refractivity contribution in [2.45, 2.75) is 32.5 Å². The van der Waals surface area contributed by atoms with Crippen LogP contribution in [0.15, 0.2) is 6.33 Å². The number of hydrogen-bond acceptors (Lipinski definition) is 3. The lowest BCUT2D eigenvalue weighted by Gasteiger charge is -2.29. The molecule has 0 aliphatic heterocycles. The van der Waals surface area contributed by atoms with Gasteiger partial charge in [-0.3, -0.25) is 0 Å². The average Bonchev–Trinajstić information content (AvgIpc) is 2.59. The normalized spacial score (nSPS) is 12.6. The lowest BCUT2D eigenvalue weighted by Crippen LogP contribution is -2.42. The van der Waals surface area contributed by atoms with Gasteiger partial charge in [0, 0.05) is 0 Å². The summed E-state index contributed by atoms with van der Waals surface area (Å²) in [5.74, 6) is -0.848. The molecule has 1 aromatic heterocycles. The Bertz CT molecular complexity index is 454. The van der Waals surface area contributed by atoms with Gasteiger partial charge in [-0.2, -0.15) is 13.2 Å². The molecule has 0 spiro atoms. The van der Waals surface area contributed by atoms with Crippen molar-refractivity contribution in [3.63, 3.8) is 0 Å². The van der Waals surface area contributed by atoms with Crippen LogP contribution in [0.3, 0.4) is 0 Å². The molecule has 102 valence electrons. The molecule has 0 N–H and O–H groups in total. The maximum absolute atomic E-state index is 12.8. The molecular formula is C10H12ClF3N2O2. The first-order valence-electron chi connectivity index (χ1n) is 5.10. The lowest BCUT2D eigenvalue weighted by atomic mass is 10.1. The molecule has 4 nitrogen and oxygen atoms in total. The van der Waals surface area contributed by atoms with Crippen LogP contribution in [0.2, 0.25) is 5.15 Å². The summed E-state index contributed by atoms with van der Waals surface area (Å²) in [6, 6.07) is 0. The van der Waals surface area contributed by atoms with E-state index >= 15 is 0 Å². The van der Waals surface area contributed by atoms with Crippen molar-refractivity contribution in [2.24, 2.45) is 0 Å². The molecule has 0 saturated heterocycles. The van der Waals surface area contributed by atoms with Crippen LogP contribution in [0, 0.1) is 0 Å². The number of carbonyl (C=O) groups is 1. The van der Waals surface area contributed by atoms with E-state index in [-0.39, 0.29) is 12.3 Å². The topological polar surface area (TPSA) is 44.1 Å². The van der Waals surface area contributed by atoms with Crippen molar-refractivity contribution in [3.05, 3.63) is 17.2 Å². The third-order valence-corrected chi connectivity index (χ3v) is 2.84. The summed E-state index contributed by atoms with van der Waals surface area (Å²) in [6.45, 7) is 3.54. The van der Waals surface area contributed by atoms with Gasteiger partial charge in [0.25, 0.3) is 0 Å². The van der Waals surface area contributed by atoms with Gasteiger partial charge in [0.05, 0.1) is 12.9 Å². The largest absolute Gasteiger partial charge is 0.461 e. The van der Waals surface area contributed by atoms with Crippen molar-refractivity contribution in [1.29, 1.82) is 0 Å². The Labute approximate surface area is 107 Å². The zero-order chi connectivity index (χ0) is 14.1. The second-order valence-electron chi connectivity index (χ2n) is 4.03. The van der Waals surface area contributed by atoms with Crippen molar-refractivity contribution in [3.8, 4) is 0 Å². The second-order valence-corrected chi connectivity index (χ2v) is 4.39. The van der Waals surface area contributed by atoms with Gasteiger partial charge in [0.1, 0.15) is 10.7 Å². The molecule has 0 aliphatic rings. The minimum atomic E-state index is -4.52. The van der Waals surface area contributed by atoms with Gasteiger partial charge in [-0.1, -0.05) is 11.6 Å². The second kappa shape index (κ2) is 4.79. The van der Waals surface area contributed by atoms with Gasteiger partial charge in [0.15, 0.2) is 5.69 Å². The molecule has 0 amide bonds. The smallest absolute Gasteiger partial charge is 0.411 e. The SMILES string of the molecule is CCOC(=O)c1ncn(C(C)(C)C(F)(F)F)c1Cl. The predicted octanol–water partition coefficient (Wildman–Crippen LogP) is 3.01. The number of ether oxygens (including phenoxy) is 1. The molecule has 0 atom stereocenters. The van der Waals surface area contributed by atoms with Crippen LogP contribution in [0.5, 0.6) is 0 Å². The summed E-state index contributed by atoms with van der Waals surface area (Å²) in [5, 5.41) is -0.393. The fourth-order valence-corrected chi connectivity index (χ4v) is 1.58. The number of imidazole rings is 1. The van der Waals surface area contributed by atoms with Crippen LogP contribution < -0.4 is 0 Å². The molecular weight excluding hydrogens is 273 g/mol. The number of alkyl halides is 3. The summed E-state index contributed by atoms with van der Waals surface area (Å²) < 4.78 is 43.8. The molecule has 0 aromatic carbocycles. The highest BCUT2D eigenvalue weighted by Crippen LogP contribution is 2.38. The van der Waals surface area contributed by atoms with Crippen molar-refractivity contribution < 1.29 is 22.7 Å². The zero-order valence-corrected chi connectivity index (χ0v) is 10.8. The van der Waals surface area contributed by atoms with Crippen LogP contribution in [-0.4, -0.2) is 28.3 Å². The van der Waals surface area contributed by atoms with E-state index in [9.17, 15) is 18.0 Å². The predicted molar refractivity (Wildman–Crippen MR) is 58.6 cm³/mol. The summed E-state index contributed by atoms with van der Waals surface area (Å²) in [4.78, 5) is 15.0. The fraction of sp³-hybridized carbons (Fsp3) is 0.600. The first kappa shape index (κ1) is 14.8. The summed E-state index contributed by atoms with van der Waals surface area (Å²) in [7, 11) is 0. The number of esters is 1. The minimum Gasteiger partial charge on any atom is -0.461 e. The molecule has 1 rings (SSSR count). The number of aromatic nitrogens is 2. The quantitative estimate of drug-likeness (QED) is 0.802. The van der Waals surface area contributed by atoms with Crippen LogP contribution in [-0.2, 0) is 10.3 Å². The zero-order valence-electron chi connectivity index (χ0n) is 10.0.